The molecule has 0 unspecified atom stereocenters. The molecule has 0 amide bonds. The predicted octanol–water partition coefficient (Wildman–Crippen LogP) is 15.0. The average Bonchev–Trinajstić information content (AvgIpc) is 3.45. The number of anilines is 6. The summed E-state index contributed by atoms with van der Waals surface area (Å²) >= 11 is 0. The first-order chi connectivity index (χ1) is 30.7. The van der Waals surface area contributed by atoms with Gasteiger partial charge in [0.1, 0.15) is 0 Å². The molecule has 2 nitrogen and oxygen atoms in total. The van der Waals surface area contributed by atoms with Crippen LogP contribution in [0.25, 0.3) is 22.3 Å². The normalized spacial score (nSPS) is 18.1. The molecular formula is C62H65BN2. The molecule has 0 spiro atoms. The second-order valence-corrected chi connectivity index (χ2v) is 23.7. The molecule has 0 bridgehead atoms. The van der Waals surface area contributed by atoms with Crippen molar-refractivity contribution >= 4 is 57.2 Å². The van der Waals surface area contributed by atoms with Crippen LogP contribution in [0, 0.1) is 6.92 Å². The molecule has 0 aromatic heterocycles. The van der Waals surface area contributed by atoms with Gasteiger partial charge in [0.2, 0.25) is 0 Å². The molecule has 0 radical (unpaired) electrons. The Balaban J connectivity index is 1.26. The van der Waals surface area contributed by atoms with Gasteiger partial charge in [0.05, 0.1) is 0 Å². The van der Waals surface area contributed by atoms with Gasteiger partial charge < -0.3 is 9.80 Å². The second kappa shape index (κ2) is 14.1. The SMILES string of the molecule is Cc1cc2c(cc1N1c3cc4c(cc3B3c5cc(-c6ccccc6)ccc5N(c5ccc(-c6ccccc6)cc5)c5cc(C(C)(C)C)cc1c53)C(C)(C)CCC4(C)C)C(C)(C)CC2(C)C. The topological polar surface area (TPSA) is 6.48 Å². The van der Waals surface area contributed by atoms with E-state index in [0.29, 0.717) is 0 Å². The van der Waals surface area contributed by atoms with Gasteiger partial charge in [-0.1, -0.05) is 173 Å². The van der Waals surface area contributed by atoms with Crippen molar-refractivity contribution in [2.45, 2.75) is 129 Å². The summed E-state index contributed by atoms with van der Waals surface area (Å²) in [6.45, 7) is 29.3. The Hall–Kier alpha value is -5.80. The summed E-state index contributed by atoms with van der Waals surface area (Å²) in [5.41, 5.74) is 25.6. The van der Waals surface area contributed by atoms with E-state index < -0.39 is 0 Å². The average molecular weight is 849 g/mol. The minimum atomic E-state index is -0.103. The zero-order valence-electron chi connectivity index (χ0n) is 40.9. The highest BCUT2D eigenvalue weighted by Gasteiger charge is 2.48. The molecule has 7 aromatic carbocycles. The van der Waals surface area contributed by atoms with E-state index in [1.54, 1.807) is 0 Å². The Morgan fingerprint density at radius 1 is 0.431 bits per heavy atom. The Morgan fingerprint density at radius 2 is 0.908 bits per heavy atom. The Morgan fingerprint density at radius 3 is 1.51 bits per heavy atom. The third-order valence-corrected chi connectivity index (χ3v) is 16.2. The first-order valence-electron chi connectivity index (χ1n) is 24.2. The van der Waals surface area contributed by atoms with Crippen molar-refractivity contribution in [2.75, 3.05) is 9.80 Å². The minimum absolute atomic E-state index is 0.0232. The van der Waals surface area contributed by atoms with Gasteiger partial charge in [0.25, 0.3) is 6.71 Å². The van der Waals surface area contributed by atoms with Crippen molar-refractivity contribution in [3.8, 4) is 22.3 Å². The highest BCUT2D eigenvalue weighted by atomic mass is 15.2. The number of hydrogen-bond donors (Lipinski definition) is 0. The van der Waals surface area contributed by atoms with Crippen molar-refractivity contribution in [3.05, 3.63) is 173 Å². The lowest BCUT2D eigenvalue weighted by Crippen LogP contribution is -2.62. The van der Waals surface area contributed by atoms with Crippen LogP contribution in [0.1, 0.15) is 129 Å². The van der Waals surface area contributed by atoms with Gasteiger partial charge >= 0.3 is 0 Å². The van der Waals surface area contributed by atoms with Gasteiger partial charge in [-0.25, -0.2) is 0 Å². The molecule has 11 rings (SSSR count). The molecule has 3 heteroatoms. The maximum absolute atomic E-state index is 2.73. The van der Waals surface area contributed by atoms with E-state index >= 15 is 0 Å². The maximum atomic E-state index is 2.73. The summed E-state index contributed by atoms with van der Waals surface area (Å²) in [7, 11) is 0. The molecule has 2 aliphatic heterocycles. The fraction of sp³-hybridized carbons (Fsp3) is 0.323. The van der Waals surface area contributed by atoms with Crippen LogP contribution < -0.4 is 26.2 Å². The van der Waals surface area contributed by atoms with Crippen LogP contribution >= 0.6 is 0 Å². The van der Waals surface area contributed by atoms with E-state index in [2.05, 4.69) is 232 Å². The lowest BCUT2D eigenvalue weighted by Gasteiger charge is -2.48. The largest absolute Gasteiger partial charge is 0.311 e. The number of hydrogen-bond acceptors (Lipinski definition) is 2. The van der Waals surface area contributed by atoms with E-state index in [4.69, 9.17) is 0 Å². The second-order valence-electron chi connectivity index (χ2n) is 23.7. The zero-order chi connectivity index (χ0) is 45.6. The van der Waals surface area contributed by atoms with Gasteiger partial charge in [-0.05, 0) is 168 Å². The molecule has 0 atom stereocenters. The lowest BCUT2D eigenvalue weighted by atomic mass is 9.33. The molecule has 4 aliphatic rings. The number of nitrogens with zero attached hydrogens (tertiary/aromatic N) is 2. The monoisotopic (exact) mass is 849 g/mol. The van der Waals surface area contributed by atoms with Gasteiger partial charge in [0.15, 0.2) is 0 Å². The van der Waals surface area contributed by atoms with Gasteiger partial charge in [-0.15, -0.1) is 0 Å². The van der Waals surface area contributed by atoms with Crippen molar-refractivity contribution in [3.63, 3.8) is 0 Å². The Bertz CT molecular complexity index is 3050. The first-order valence-corrected chi connectivity index (χ1v) is 24.2. The molecule has 2 heterocycles. The summed E-state index contributed by atoms with van der Waals surface area (Å²) in [5.74, 6) is 0. The van der Waals surface area contributed by atoms with E-state index in [1.165, 1.54) is 119 Å². The standard InChI is InChI=1S/C62H65BN2/c1-39-31-46-49(62(11,12)38-61(46,9)10)36-53(39)65-54-37-48-47(59(5,6)29-30-60(48,7)8)35-51(54)63-50-32-43(41-21-17-14-18-22-41)25-28-52(50)64(55-33-44(58(2,3)4)34-56(65)57(55)63)45-26-23-42(24-27-45)40-19-15-13-16-20-40/h13-28,31-37H,29-30,38H2,1-12H3. The number of aryl methyl sites for hydroxylation is 1. The molecule has 0 fully saturated rings. The molecule has 2 aliphatic carbocycles. The summed E-state index contributed by atoms with van der Waals surface area (Å²) in [4.78, 5) is 5.33. The van der Waals surface area contributed by atoms with Crippen LogP contribution in [0.15, 0.2) is 140 Å². The Kier molecular flexibility index (Phi) is 9.09. The zero-order valence-corrected chi connectivity index (χ0v) is 40.9. The maximum Gasteiger partial charge on any atom is 0.252 e. The van der Waals surface area contributed by atoms with Crippen LogP contribution in [0.5, 0.6) is 0 Å². The highest BCUT2D eigenvalue weighted by Crippen LogP contribution is 2.55. The van der Waals surface area contributed by atoms with Crippen molar-refractivity contribution in [1.29, 1.82) is 0 Å². The number of rotatable bonds is 4. The highest BCUT2D eigenvalue weighted by molar-refractivity contribution is 7.00. The summed E-state index contributed by atoms with van der Waals surface area (Å²) < 4.78 is 0. The van der Waals surface area contributed by atoms with Crippen molar-refractivity contribution < 1.29 is 0 Å². The van der Waals surface area contributed by atoms with E-state index in [1.807, 2.05) is 0 Å². The molecule has 0 saturated heterocycles. The molecule has 0 saturated carbocycles. The quantitative estimate of drug-likeness (QED) is 0.163. The molecule has 65 heavy (non-hydrogen) atoms. The van der Waals surface area contributed by atoms with Crippen molar-refractivity contribution in [1.82, 2.24) is 0 Å². The number of benzene rings is 7. The third-order valence-electron chi connectivity index (χ3n) is 16.2. The van der Waals surface area contributed by atoms with Gasteiger partial charge in [-0.2, -0.15) is 0 Å². The van der Waals surface area contributed by atoms with Crippen LogP contribution in [-0.2, 0) is 27.1 Å². The van der Waals surface area contributed by atoms with Crippen LogP contribution in [0.3, 0.4) is 0 Å². The smallest absolute Gasteiger partial charge is 0.252 e. The first kappa shape index (κ1) is 41.9. The molecular weight excluding hydrogens is 784 g/mol. The van der Waals surface area contributed by atoms with E-state index in [-0.39, 0.29) is 33.8 Å². The Labute approximate surface area is 389 Å². The van der Waals surface area contributed by atoms with Crippen LogP contribution in [0.2, 0.25) is 0 Å². The van der Waals surface area contributed by atoms with Gasteiger partial charge in [-0.3, -0.25) is 0 Å². The van der Waals surface area contributed by atoms with Crippen LogP contribution in [0.4, 0.5) is 34.1 Å². The molecule has 7 aromatic rings. The predicted molar refractivity (Wildman–Crippen MR) is 281 cm³/mol. The fourth-order valence-corrected chi connectivity index (χ4v) is 12.6. The minimum Gasteiger partial charge on any atom is -0.311 e. The fourth-order valence-electron chi connectivity index (χ4n) is 12.6. The molecule has 0 N–H and O–H groups in total. The van der Waals surface area contributed by atoms with E-state index in [0.717, 1.165) is 6.42 Å². The van der Waals surface area contributed by atoms with Gasteiger partial charge in [0, 0.05) is 34.1 Å². The summed E-state index contributed by atoms with van der Waals surface area (Å²) in [6.07, 6.45) is 3.49. The lowest BCUT2D eigenvalue weighted by molar-refractivity contribution is 0.332. The third kappa shape index (κ3) is 6.50. The summed E-state index contributed by atoms with van der Waals surface area (Å²) in [5, 5.41) is 0. The van der Waals surface area contributed by atoms with Crippen molar-refractivity contribution in [2.24, 2.45) is 0 Å². The van der Waals surface area contributed by atoms with E-state index in [9.17, 15) is 0 Å². The summed E-state index contributed by atoms with van der Waals surface area (Å²) in [6, 6.07) is 54.0. The van der Waals surface area contributed by atoms with Crippen LogP contribution in [-0.4, -0.2) is 6.71 Å². The molecule has 326 valence electrons. The number of fused-ring (bicyclic) bond motifs is 6.